The molecule has 2 atom stereocenters. The number of thiophene rings is 1. The molecule has 0 saturated carbocycles. The molecule has 1 aliphatic heterocycles. The van der Waals surface area contributed by atoms with Gasteiger partial charge in [0, 0.05) is 23.5 Å². The van der Waals surface area contributed by atoms with Crippen LogP contribution in [0.3, 0.4) is 0 Å². The molecule has 1 fully saturated rings. The van der Waals surface area contributed by atoms with Crippen molar-refractivity contribution in [2.75, 3.05) is 20.1 Å². The summed E-state index contributed by atoms with van der Waals surface area (Å²) in [4.78, 5) is 3.87. The summed E-state index contributed by atoms with van der Waals surface area (Å²) in [7, 11) is 2.21. The molecule has 0 radical (unpaired) electrons. The van der Waals surface area contributed by atoms with E-state index in [-0.39, 0.29) is 0 Å². The van der Waals surface area contributed by atoms with Crippen molar-refractivity contribution >= 4 is 11.3 Å². The summed E-state index contributed by atoms with van der Waals surface area (Å²) < 4.78 is 0. The molecule has 3 heteroatoms. The SMILES string of the molecule is C[C@H](NC1CCCN(C)C1)c1cccs1. The van der Waals surface area contributed by atoms with E-state index in [1.54, 1.807) is 0 Å². The molecule has 0 amide bonds. The van der Waals surface area contributed by atoms with E-state index in [1.165, 1.54) is 30.8 Å². The molecule has 2 rings (SSSR count). The molecule has 84 valence electrons. The van der Waals surface area contributed by atoms with Gasteiger partial charge in [0.25, 0.3) is 0 Å². The van der Waals surface area contributed by atoms with Gasteiger partial charge in [-0.25, -0.2) is 0 Å². The minimum absolute atomic E-state index is 0.501. The molecule has 0 spiro atoms. The molecule has 15 heavy (non-hydrogen) atoms. The number of likely N-dealkylation sites (N-methyl/N-ethyl adjacent to an activating group) is 1. The molecular formula is C12H20N2S. The fourth-order valence-corrected chi connectivity index (χ4v) is 3.02. The van der Waals surface area contributed by atoms with Crippen molar-refractivity contribution < 1.29 is 0 Å². The normalized spacial score (nSPS) is 25.3. The smallest absolute Gasteiger partial charge is 0.0388 e. The van der Waals surface area contributed by atoms with E-state index in [0.717, 1.165) is 0 Å². The molecule has 1 aromatic rings. The number of hydrogen-bond donors (Lipinski definition) is 1. The van der Waals surface area contributed by atoms with Gasteiger partial charge in [-0.2, -0.15) is 0 Å². The number of hydrogen-bond acceptors (Lipinski definition) is 3. The van der Waals surface area contributed by atoms with Crippen molar-refractivity contribution in [2.24, 2.45) is 0 Å². The summed E-state index contributed by atoms with van der Waals surface area (Å²) in [6, 6.07) is 5.52. The highest BCUT2D eigenvalue weighted by Gasteiger charge is 2.19. The maximum absolute atomic E-state index is 3.72. The van der Waals surface area contributed by atoms with Gasteiger partial charge < -0.3 is 10.2 Å². The summed E-state index contributed by atoms with van der Waals surface area (Å²) in [5.41, 5.74) is 0. The average Bonchev–Trinajstić information content (AvgIpc) is 2.70. The van der Waals surface area contributed by atoms with Crippen LogP contribution >= 0.6 is 11.3 Å². The first-order valence-electron chi connectivity index (χ1n) is 5.73. The molecule has 2 heterocycles. The van der Waals surface area contributed by atoms with Crippen molar-refractivity contribution in [2.45, 2.75) is 31.8 Å². The molecule has 1 unspecified atom stereocenters. The molecule has 1 saturated heterocycles. The molecule has 0 aliphatic carbocycles. The number of rotatable bonds is 3. The van der Waals surface area contributed by atoms with E-state index in [9.17, 15) is 0 Å². The van der Waals surface area contributed by atoms with Crippen molar-refractivity contribution in [1.82, 2.24) is 10.2 Å². The number of piperidine rings is 1. The minimum atomic E-state index is 0.501. The Kier molecular flexibility index (Phi) is 3.78. The van der Waals surface area contributed by atoms with Crippen LogP contribution in [0.1, 0.15) is 30.7 Å². The minimum Gasteiger partial charge on any atom is -0.305 e. The van der Waals surface area contributed by atoms with Gasteiger partial charge in [-0.3, -0.25) is 0 Å². The first-order chi connectivity index (χ1) is 7.25. The van der Waals surface area contributed by atoms with Gasteiger partial charge in [-0.1, -0.05) is 6.07 Å². The van der Waals surface area contributed by atoms with Gasteiger partial charge >= 0.3 is 0 Å². The average molecular weight is 224 g/mol. The van der Waals surface area contributed by atoms with Crippen LogP contribution in [-0.2, 0) is 0 Å². The Bertz CT molecular complexity index is 284. The van der Waals surface area contributed by atoms with Crippen LogP contribution in [0.2, 0.25) is 0 Å². The van der Waals surface area contributed by atoms with Gasteiger partial charge in [-0.15, -0.1) is 11.3 Å². The van der Waals surface area contributed by atoms with Crippen LogP contribution < -0.4 is 5.32 Å². The molecule has 1 aromatic heterocycles. The lowest BCUT2D eigenvalue weighted by Gasteiger charge is -2.32. The van der Waals surface area contributed by atoms with Crippen molar-refractivity contribution in [1.29, 1.82) is 0 Å². The maximum atomic E-state index is 3.72. The monoisotopic (exact) mass is 224 g/mol. The highest BCUT2D eigenvalue weighted by Crippen LogP contribution is 2.20. The fourth-order valence-electron chi connectivity index (χ4n) is 2.28. The summed E-state index contributed by atoms with van der Waals surface area (Å²) in [6.07, 6.45) is 2.64. The summed E-state index contributed by atoms with van der Waals surface area (Å²) >= 11 is 1.84. The fraction of sp³-hybridized carbons (Fsp3) is 0.667. The first kappa shape index (κ1) is 11.1. The van der Waals surface area contributed by atoms with Crippen molar-refractivity contribution in [3.8, 4) is 0 Å². The molecular weight excluding hydrogens is 204 g/mol. The predicted octanol–water partition coefficient (Wildman–Crippen LogP) is 2.49. The zero-order chi connectivity index (χ0) is 10.7. The largest absolute Gasteiger partial charge is 0.305 e. The second-order valence-corrected chi connectivity index (χ2v) is 5.48. The Morgan fingerprint density at radius 3 is 3.13 bits per heavy atom. The van der Waals surface area contributed by atoms with Gasteiger partial charge in [0.1, 0.15) is 0 Å². The lowest BCUT2D eigenvalue weighted by molar-refractivity contribution is 0.219. The van der Waals surface area contributed by atoms with Crippen LogP contribution in [-0.4, -0.2) is 31.1 Å². The highest BCUT2D eigenvalue weighted by atomic mass is 32.1. The Balaban J connectivity index is 1.86. The number of nitrogens with zero attached hydrogens (tertiary/aromatic N) is 1. The number of likely N-dealkylation sites (tertiary alicyclic amines) is 1. The zero-order valence-corrected chi connectivity index (χ0v) is 10.4. The topological polar surface area (TPSA) is 15.3 Å². The first-order valence-corrected chi connectivity index (χ1v) is 6.61. The summed E-state index contributed by atoms with van der Waals surface area (Å²) in [5, 5.41) is 5.87. The van der Waals surface area contributed by atoms with Gasteiger partial charge in [0.15, 0.2) is 0 Å². The van der Waals surface area contributed by atoms with Crippen molar-refractivity contribution in [3.05, 3.63) is 22.4 Å². The van der Waals surface area contributed by atoms with Crippen LogP contribution in [0.5, 0.6) is 0 Å². The quantitative estimate of drug-likeness (QED) is 0.848. The van der Waals surface area contributed by atoms with E-state index < -0.39 is 0 Å². The lowest BCUT2D eigenvalue weighted by Crippen LogP contribution is -2.44. The molecule has 2 nitrogen and oxygen atoms in total. The highest BCUT2D eigenvalue weighted by molar-refractivity contribution is 7.10. The third-order valence-corrected chi connectivity index (χ3v) is 4.14. The Labute approximate surface area is 96.3 Å². The summed E-state index contributed by atoms with van der Waals surface area (Å²) in [5.74, 6) is 0. The van der Waals surface area contributed by atoms with Crippen molar-refractivity contribution in [3.63, 3.8) is 0 Å². The zero-order valence-electron chi connectivity index (χ0n) is 9.57. The van der Waals surface area contributed by atoms with Gasteiger partial charge in [0.2, 0.25) is 0 Å². The second-order valence-electron chi connectivity index (χ2n) is 4.51. The molecule has 1 aliphatic rings. The van der Waals surface area contributed by atoms with E-state index >= 15 is 0 Å². The summed E-state index contributed by atoms with van der Waals surface area (Å²) in [6.45, 7) is 4.71. The molecule has 0 bridgehead atoms. The third-order valence-electron chi connectivity index (χ3n) is 3.08. The van der Waals surface area contributed by atoms with Gasteiger partial charge in [0.05, 0.1) is 0 Å². The standard InChI is InChI=1S/C12H20N2S/c1-10(12-6-4-8-15-12)13-11-5-3-7-14(2)9-11/h4,6,8,10-11,13H,3,5,7,9H2,1-2H3/t10-,11?/m0/s1. The van der Waals surface area contributed by atoms with E-state index in [1.807, 2.05) is 11.3 Å². The molecule has 0 aromatic carbocycles. The van der Waals surface area contributed by atoms with Crippen LogP contribution in [0, 0.1) is 0 Å². The third kappa shape index (κ3) is 3.03. The number of nitrogens with one attached hydrogen (secondary N) is 1. The Hall–Kier alpha value is -0.380. The van der Waals surface area contributed by atoms with E-state index in [4.69, 9.17) is 0 Å². The Morgan fingerprint density at radius 1 is 1.60 bits per heavy atom. The van der Waals surface area contributed by atoms with Crippen LogP contribution in [0.25, 0.3) is 0 Å². The van der Waals surface area contributed by atoms with E-state index in [0.29, 0.717) is 12.1 Å². The van der Waals surface area contributed by atoms with Crippen LogP contribution in [0.4, 0.5) is 0 Å². The van der Waals surface area contributed by atoms with Gasteiger partial charge in [-0.05, 0) is 44.8 Å². The second kappa shape index (κ2) is 5.10. The van der Waals surface area contributed by atoms with E-state index in [2.05, 4.69) is 41.7 Å². The Morgan fingerprint density at radius 2 is 2.47 bits per heavy atom. The predicted molar refractivity (Wildman–Crippen MR) is 66.4 cm³/mol. The lowest BCUT2D eigenvalue weighted by atomic mass is 10.1. The maximum Gasteiger partial charge on any atom is 0.0388 e. The molecule has 1 N–H and O–H groups in total. The van der Waals surface area contributed by atoms with Crippen LogP contribution in [0.15, 0.2) is 17.5 Å².